The topological polar surface area (TPSA) is 87.7 Å². The van der Waals surface area contributed by atoms with Crippen molar-refractivity contribution in [2.75, 3.05) is 5.32 Å². The molecule has 0 bridgehead atoms. The van der Waals surface area contributed by atoms with E-state index in [4.69, 9.17) is 11.6 Å². The minimum Gasteiger partial charge on any atom is -0.360 e. The van der Waals surface area contributed by atoms with Gasteiger partial charge in [0, 0.05) is 23.0 Å². The molecule has 0 fully saturated rings. The lowest BCUT2D eigenvalue weighted by atomic mass is 10.1. The summed E-state index contributed by atoms with van der Waals surface area (Å²) < 4.78 is 0. The fraction of sp³-hybridized carbons (Fsp3) is 0.250. The summed E-state index contributed by atoms with van der Waals surface area (Å²) >= 11 is 7.37. The summed E-state index contributed by atoms with van der Waals surface area (Å²) in [5.74, 6) is -0.509. The van der Waals surface area contributed by atoms with Gasteiger partial charge in [0.15, 0.2) is 0 Å². The molecule has 24 heavy (non-hydrogen) atoms. The van der Waals surface area contributed by atoms with Gasteiger partial charge >= 0.3 is 0 Å². The predicted octanol–water partition coefficient (Wildman–Crippen LogP) is 3.55. The normalized spacial score (nSPS) is 11.0. The highest BCUT2D eigenvalue weighted by molar-refractivity contribution is 7.15. The smallest absolute Gasteiger partial charge is 0.262 e. The maximum Gasteiger partial charge on any atom is 0.262 e. The number of nitrogens with one attached hydrogen (secondary N) is 2. The summed E-state index contributed by atoms with van der Waals surface area (Å²) in [6.07, 6.45) is 3.16. The summed E-state index contributed by atoms with van der Waals surface area (Å²) in [5.41, 5.74) is 1.08. The lowest BCUT2D eigenvalue weighted by molar-refractivity contribution is 0.102. The standard InChI is InChI=1S/C16H15ClN4O2S/c1-3-4-12-20-21-16(24-12)19-15(23)10-7-18-13-8(2)11(17)6-5-9(13)14(10)22/h5-7H,3-4H2,1-2H3,(H,18,22)(H,19,21,23). The number of aryl methyl sites for hydroxylation is 2. The van der Waals surface area contributed by atoms with Gasteiger partial charge in [0.25, 0.3) is 5.91 Å². The molecule has 3 rings (SSSR count). The molecule has 3 aromatic rings. The number of H-pyrrole nitrogens is 1. The van der Waals surface area contributed by atoms with Crippen LogP contribution in [0.5, 0.6) is 0 Å². The van der Waals surface area contributed by atoms with Crippen molar-refractivity contribution in [3.8, 4) is 0 Å². The van der Waals surface area contributed by atoms with Crippen LogP contribution in [0.3, 0.4) is 0 Å². The second kappa shape index (κ2) is 6.70. The fourth-order valence-corrected chi connectivity index (χ4v) is 3.36. The molecule has 0 saturated heterocycles. The largest absolute Gasteiger partial charge is 0.360 e. The maximum absolute atomic E-state index is 12.6. The van der Waals surface area contributed by atoms with Gasteiger partial charge in [0.1, 0.15) is 10.6 Å². The highest BCUT2D eigenvalue weighted by atomic mass is 35.5. The van der Waals surface area contributed by atoms with Gasteiger partial charge in [0.2, 0.25) is 10.6 Å². The van der Waals surface area contributed by atoms with Crippen LogP contribution in [0.2, 0.25) is 5.02 Å². The van der Waals surface area contributed by atoms with Crippen LogP contribution in [0, 0.1) is 6.92 Å². The van der Waals surface area contributed by atoms with Gasteiger partial charge in [-0.1, -0.05) is 29.9 Å². The first-order chi connectivity index (χ1) is 11.5. The van der Waals surface area contributed by atoms with E-state index in [1.54, 1.807) is 12.1 Å². The summed E-state index contributed by atoms with van der Waals surface area (Å²) in [5, 5.41) is 12.8. The molecule has 2 heterocycles. The minimum absolute atomic E-state index is 0.0245. The van der Waals surface area contributed by atoms with Crippen LogP contribution < -0.4 is 10.7 Å². The molecule has 8 heteroatoms. The molecule has 1 amide bonds. The van der Waals surface area contributed by atoms with E-state index in [1.165, 1.54) is 17.5 Å². The molecule has 1 aromatic carbocycles. The van der Waals surface area contributed by atoms with E-state index in [0.29, 0.717) is 21.1 Å². The first kappa shape index (κ1) is 16.6. The van der Waals surface area contributed by atoms with E-state index in [-0.39, 0.29) is 11.0 Å². The number of halogens is 1. The van der Waals surface area contributed by atoms with Gasteiger partial charge in [-0.05, 0) is 31.0 Å². The van der Waals surface area contributed by atoms with E-state index in [9.17, 15) is 9.59 Å². The number of aromatic nitrogens is 3. The Morgan fingerprint density at radius 2 is 2.17 bits per heavy atom. The van der Waals surface area contributed by atoms with E-state index in [2.05, 4.69) is 20.5 Å². The molecular formula is C16H15ClN4O2S. The monoisotopic (exact) mass is 362 g/mol. The maximum atomic E-state index is 12.6. The van der Waals surface area contributed by atoms with Crippen molar-refractivity contribution in [3.63, 3.8) is 0 Å². The molecular weight excluding hydrogens is 348 g/mol. The van der Waals surface area contributed by atoms with Crippen molar-refractivity contribution in [2.45, 2.75) is 26.7 Å². The zero-order chi connectivity index (χ0) is 17.3. The Morgan fingerprint density at radius 3 is 2.92 bits per heavy atom. The first-order valence-electron chi connectivity index (χ1n) is 7.45. The molecule has 2 aromatic heterocycles. The molecule has 124 valence electrons. The molecule has 0 spiro atoms. The van der Waals surface area contributed by atoms with Gasteiger partial charge in [-0.3, -0.25) is 14.9 Å². The Kier molecular flexibility index (Phi) is 4.64. The molecule has 6 nitrogen and oxygen atoms in total. The fourth-order valence-electron chi connectivity index (χ4n) is 2.37. The summed E-state index contributed by atoms with van der Waals surface area (Å²) in [6, 6.07) is 3.27. The predicted molar refractivity (Wildman–Crippen MR) is 96.2 cm³/mol. The number of amides is 1. The number of hydrogen-bond donors (Lipinski definition) is 2. The second-order valence-electron chi connectivity index (χ2n) is 5.33. The van der Waals surface area contributed by atoms with Crippen molar-refractivity contribution in [2.24, 2.45) is 0 Å². The lowest BCUT2D eigenvalue weighted by Gasteiger charge is -2.06. The molecule has 0 aliphatic rings. The van der Waals surface area contributed by atoms with Crippen molar-refractivity contribution < 1.29 is 4.79 Å². The van der Waals surface area contributed by atoms with Crippen molar-refractivity contribution in [3.05, 3.63) is 49.7 Å². The number of rotatable bonds is 4. The van der Waals surface area contributed by atoms with Crippen LogP contribution in [0.15, 0.2) is 23.1 Å². The Balaban J connectivity index is 1.93. The van der Waals surface area contributed by atoms with Crippen LogP contribution in [-0.2, 0) is 6.42 Å². The number of fused-ring (bicyclic) bond motifs is 1. The molecule has 0 radical (unpaired) electrons. The SMILES string of the molecule is CCCc1nnc(NC(=O)c2c[nH]c3c(C)c(Cl)ccc3c2=O)s1. The number of benzene rings is 1. The first-order valence-corrected chi connectivity index (χ1v) is 8.65. The van der Waals surface area contributed by atoms with E-state index < -0.39 is 5.91 Å². The Labute approximate surface area is 146 Å². The number of aromatic amines is 1. The van der Waals surface area contributed by atoms with Crippen LogP contribution in [0.25, 0.3) is 10.9 Å². The van der Waals surface area contributed by atoms with Gasteiger partial charge < -0.3 is 4.98 Å². The third kappa shape index (κ3) is 3.05. The number of carbonyl (C=O) groups excluding carboxylic acids is 1. The third-order valence-electron chi connectivity index (χ3n) is 3.64. The average Bonchev–Trinajstić information content (AvgIpc) is 2.99. The Morgan fingerprint density at radius 1 is 1.38 bits per heavy atom. The second-order valence-corrected chi connectivity index (χ2v) is 6.80. The van der Waals surface area contributed by atoms with Crippen LogP contribution in [0.4, 0.5) is 5.13 Å². The molecule has 0 atom stereocenters. The molecule has 0 aliphatic carbocycles. The van der Waals surface area contributed by atoms with Gasteiger partial charge in [-0.15, -0.1) is 10.2 Å². The van der Waals surface area contributed by atoms with Crippen molar-refractivity contribution in [1.29, 1.82) is 0 Å². The van der Waals surface area contributed by atoms with Gasteiger partial charge in [-0.2, -0.15) is 0 Å². The summed E-state index contributed by atoms with van der Waals surface area (Å²) in [7, 11) is 0. The number of anilines is 1. The zero-order valence-electron chi connectivity index (χ0n) is 13.1. The number of nitrogens with zero attached hydrogens (tertiary/aromatic N) is 2. The highest BCUT2D eigenvalue weighted by Crippen LogP contribution is 2.22. The zero-order valence-corrected chi connectivity index (χ0v) is 14.7. The van der Waals surface area contributed by atoms with Crippen LogP contribution in [-0.4, -0.2) is 21.1 Å². The lowest BCUT2D eigenvalue weighted by Crippen LogP contribution is -2.22. The van der Waals surface area contributed by atoms with E-state index in [0.717, 1.165) is 23.4 Å². The average molecular weight is 363 g/mol. The van der Waals surface area contributed by atoms with Crippen molar-refractivity contribution >= 4 is 44.9 Å². The Bertz CT molecular complexity index is 980. The molecule has 2 N–H and O–H groups in total. The summed E-state index contributed by atoms with van der Waals surface area (Å²) in [6.45, 7) is 3.86. The number of pyridine rings is 1. The minimum atomic E-state index is -0.509. The van der Waals surface area contributed by atoms with Gasteiger partial charge in [-0.25, -0.2) is 0 Å². The van der Waals surface area contributed by atoms with E-state index in [1.807, 2.05) is 13.8 Å². The van der Waals surface area contributed by atoms with Crippen LogP contribution in [0.1, 0.15) is 34.3 Å². The quantitative estimate of drug-likeness (QED) is 0.743. The number of carbonyl (C=O) groups is 1. The number of hydrogen-bond acceptors (Lipinski definition) is 5. The van der Waals surface area contributed by atoms with Crippen molar-refractivity contribution in [1.82, 2.24) is 15.2 Å². The molecule has 0 aliphatic heterocycles. The van der Waals surface area contributed by atoms with Crippen LogP contribution >= 0.6 is 22.9 Å². The molecule has 0 unspecified atom stereocenters. The Hall–Kier alpha value is -2.25. The van der Waals surface area contributed by atoms with Gasteiger partial charge in [0.05, 0.1) is 5.52 Å². The third-order valence-corrected chi connectivity index (χ3v) is 4.95. The highest BCUT2D eigenvalue weighted by Gasteiger charge is 2.16. The van der Waals surface area contributed by atoms with E-state index >= 15 is 0 Å². The molecule has 0 saturated carbocycles. The summed E-state index contributed by atoms with van der Waals surface area (Å²) in [4.78, 5) is 27.9.